The third-order valence-electron chi connectivity index (χ3n) is 2.70. The Morgan fingerprint density at radius 2 is 1.60 bits per heavy atom. The molecule has 0 saturated carbocycles. The van der Waals surface area contributed by atoms with Gasteiger partial charge in [-0.1, -0.05) is 46.4 Å². The molecule has 0 aromatic heterocycles. The number of hydrogen-bond donors (Lipinski definition) is 1. The Morgan fingerprint density at radius 3 is 2.20 bits per heavy atom. The van der Waals surface area contributed by atoms with E-state index in [1.54, 1.807) is 18.2 Å². The Bertz CT molecular complexity index is 693. The van der Waals surface area contributed by atoms with Gasteiger partial charge >= 0.3 is 0 Å². The number of benzene rings is 2. The number of nitrogen functional groups attached to an aromatic ring is 1. The van der Waals surface area contributed by atoms with Crippen molar-refractivity contribution in [2.45, 2.75) is 6.92 Å². The van der Waals surface area contributed by atoms with E-state index in [9.17, 15) is 4.79 Å². The first kappa shape index (κ1) is 15.5. The minimum absolute atomic E-state index is 0.0363. The summed E-state index contributed by atoms with van der Waals surface area (Å²) in [6.45, 7) is 1.84. The molecule has 2 aromatic rings. The van der Waals surface area contributed by atoms with Crippen LogP contribution in [-0.4, -0.2) is 5.78 Å². The summed E-state index contributed by atoms with van der Waals surface area (Å²) < 4.78 is 0. The van der Waals surface area contributed by atoms with Crippen LogP contribution < -0.4 is 5.73 Å². The van der Waals surface area contributed by atoms with Crippen LogP contribution in [0, 0.1) is 6.92 Å². The highest BCUT2D eigenvalue weighted by Gasteiger charge is 2.21. The normalized spacial score (nSPS) is 10.7. The Kier molecular flexibility index (Phi) is 4.50. The topological polar surface area (TPSA) is 43.1 Å². The first-order valence-corrected chi connectivity index (χ1v) is 7.07. The number of ketones is 1. The van der Waals surface area contributed by atoms with E-state index in [-0.39, 0.29) is 31.4 Å². The molecule has 0 unspecified atom stereocenters. The van der Waals surface area contributed by atoms with Crippen molar-refractivity contribution >= 4 is 57.9 Å². The lowest BCUT2D eigenvalue weighted by Crippen LogP contribution is -2.05. The second-order valence-corrected chi connectivity index (χ2v) is 5.88. The summed E-state index contributed by atoms with van der Waals surface area (Å²) in [7, 11) is 0. The van der Waals surface area contributed by atoms with Crippen molar-refractivity contribution in [1.29, 1.82) is 0 Å². The molecule has 0 heterocycles. The van der Waals surface area contributed by atoms with Gasteiger partial charge in [0.2, 0.25) is 0 Å². The zero-order valence-corrected chi connectivity index (χ0v) is 13.3. The van der Waals surface area contributed by atoms with Crippen molar-refractivity contribution < 1.29 is 4.79 Å². The average molecular weight is 349 g/mol. The molecule has 20 heavy (non-hydrogen) atoms. The van der Waals surface area contributed by atoms with Crippen LogP contribution in [-0.2, 0) is 0 Å². The van der Waals surface area contributed by atoms with Crippen LogP contribution in [0.4, 0.5) is 5.69 Å². The number of aryl methyl sites for hydroxylation is 1. The van der Waals surface area contributed by atoms with Gasteiger partial charge in [0.25, 0.3) is 0 Å². The first-order chi connectivity index (χ1) is 9.31. The maximum atomic E-state index is 12.5. The molecular formula is C14H9Cl4NO. The van der Waals surface area contributed by atoms with Gasteiger partial charge < -0.3 is 5.73 Å². The van der Waals surface area contributed by atoms with E-state index in [1.165, 1.54) is 6.07 Å². The summed E-state index contributed by atoms with van der Waals surface area (Å²) in [5, 5.41) is 0.479. The molecule has 0 amide bonds. The largest absolute Gasteiger partial charge is 0.399 e. The molecule has 2 rings (SSSR count). The molecule has 0 bridgehead atoms. The minimum Gasteiger partial charge on any atom is -0.399 e. The Balaban J connectivity index is 2.62. The van der Waals surface area contributed by atoms with E-state index >= 15 is 0 Å². The molecule has 0 fully saturated rings. The third-order valence-corrected chi connectivity index (χ3v) is 4.26. The highest BCUT2D eigenvalue weighted by Crippen LogP contribution is 2.38. The molecule has 6 heteroatoms. The van der Waals surface area contributed by atoms with Crippen LogP contribution in [0.15, 0.2) is 24.3 Å². The Labute approximate surface area is 136 Å². The van der Waals surface area contributed by atoms with E-state index in [4.69, 9.17) is 52.1 Å². The minimum atomic E-state index is -0.353. The number of halogens is 4. The van der Waals surface area contributed by atoms with Gasteiger partial charge in [0.1, 0.15) is 0 Å². The number of hydrogen-bond acceptors (Lipinski definition) is 2. The van der Waals surface area contributed by atoms with Gasteiger partial charge in [-0.3, -0.25) is 4.79 Å². The molecule has 2 nitrogen and oxygen atoms in total. The predicted molar refractivity (Wildman–Crippen MR) is 85.5 cm³/mol. The van der Waals surface area contributed by atoms with Crippen molar-refractivity contribution in [2.75, 3.05) is 5.73 Å². The number of rotatable bonds is 2. The zero-order valence-electron chi connectivity index (χ0n) is 10.3. The lowest BCUT2D eigenvalue weighted by Gasteiger charge is -2.10. The fraction of sp³-hybridized carbons (Fsp3) is 0.0714. The number of carbonyl (C=O) groups excluding carboxylic acids is 1. The van der Waals surface area contributed by atoms with Crippen LogP contribution >= 0.6 is 46.4 Å². The molecule has 0 aliphatic heterocycles. The highest BCUT2D eigenvalue weighted by molar-refractivity contribution is 6.51. The molecule has 0 aliphatic carbocycles. The second kappa shape index (κ2) is 5.82. The number of anilines is 1. The molecule has 2 N–H and O–H groups in total. The Morgan fingerprint density at radius 1 is 0.950 bits per heavy atom. The third kappa shape index (κ3) is 2.89. The van der Waals surface area contributed by atoms with Crippen molar-refractivity contribution in [1.82, 2.24) is 0 Å². The van der Waals surface area contributed by atoms with E-state index in [0.29, 0.717) is 11.3 Å². The maximum absolute atomic E-state index is 12.5. The van der Waals surface area contributed by atoms with Crippen LogP contribution in [0.1, 0.15) is 21.5 Å². The smallest absolute Gasteiger partial charge is 0.196 e. The molecular weight excluding hydrogens is 340 g/mol. The summed E-state index contributed by atoms with van der Waals surface area (Å²) in [4.78, 5) is 12.5. The van der Waals surface area contributed by atoms with Gasteiger partial charge in [-0.15, -0.1) is 0 Å². The van der Waals surface area contributed by atoms with Gasteiger partial charge in [-0.25, -0.2) is 0 Å². The Hall–Kier alpha value is -0.930. The zero-order chi connectivity index (χ0) is 15.0. The summed E-state index contributed by atoms with van der Waals surface area (Å²) in [6.07, 6.45) is 0. The number of carbonyl (C=O) groups is 1. The fourth-order valence-corrected chi connectivity index (χ4v) is 2.95. The number of nitrogens with two attached hydrogens (primary N) is 1. The first-order valence-electron chi connectivity index (χ1n) is 5.56. The van der Waals surface area contributed by atoms with E-state index in [0.717, 1.165) is 5.56 Å². The lowest BCUT2D eigenvalue weighted by molar-refractivity contribution is 0.103. The van der Waals surface area contributed by atoms with Crippen molar-refractivity contribution in [2.24, 2.45) is 0 Å². The SMILES string of the molecule is Cc1cc(N)cc(C(=O)c2c(Cl)cc(Cl)c(Cl)c2Cl)c1. The average Bonchev–Trinajstić information content (AvgIpc) is 2.34. The van der Waals surface area contributed by atoms with E-state index < -0.39 is 0 Å². The summed E-state index contributed by atoms with van der Waals surface area (Å²) >= 11 is 23.9. The lowest BCUT2D eigenvalue weighted by atomic mass is 10.0. The quantitative estimate of drug-likeness (QED) is 0.340. The van der Waals surface area contributed by atoms with E-state index in [1.807, 2.05) is 6.92 Å². The van der Waals surface area contributed by atoms with Crippen molar-refractivity contribution in [3.05, 3.63) is 61.0 Å². The molecule has 0 saturated heterocycles. The second-order valence-electron chi connectivity index (χ2n) is 4.30. The van der Waals surface area contributed by atoms with Crippen molar-refractivity contribution in [3.8, 4) is 0 Å². The molecule has 2 aromatic carbocycles. The molecule has 0 atom stereocenters. The highest BCUT2D eigenvalue weighted by atomic mass is 35.5. The maximum Gasteiger partial charge on any atom is 0.196 e. The van der Waals surface area contributed by atoms with Gasteiger partial charge in [0.15, 0.2) is 5.78 Å². The molecule has 104 valence electrons. The molecule has 0 aliphatic rings. The monoisotopic (exact) mass is 347 g/mol. The van der Waals surface area contributed by atoms with Gasteiger partial charge in [-0.2, -0.15) is 0 Å². The molecule has 0 radical (unpaired) electrons. The summed E-state index contributed by atoms with van der Waals surface area (Å²) in [5.41, 5.74) is 7.60. The van der Waals surface area contributed by atoms with Crippen LogP contribution in [0.5, 0.6) is 0 Å². The summed E-state index contributed by atoms with van der Waals surface area (Å²) in [5.74, 6) is -0.353. The standard InChI is InChI=1S/C14H9Cl4NO/c1-6-2-7(4-8(19)3-6)14(20)11-9(15)5-10(16)12(17)13(11)18/h2-5H,19H2,1H3. The van der Waals surface area contributed by atoms with Gasteiger partial charge in [-0.05, 0) is 36.8 Å². The van der Waals surface area contributed by atoms with Crippen molar-refractivity contribution in [3.63, 3.8) is 0 Å². The van der Waals surface area contributed by atoms with E-state index in [2.05, 4.69) is 0 Å². The van der Waals surface area contributed by atoms with Crippen LogP contribution in [0.2, 0.25) is 20.1 Å². The fourth-order valence-electron chi connectivity index (χ4n) is 1.86. The summed E-state index contributed by atoms with van der Waals surface area (Å²) in [6, 6.07) is 6.41. The van der Waals surface area contributed by atoms with Crippen LogP contribution in [0.25, 0.3) is 0 Å². The molecule has 0 spiro atoms. The van der Waals surface area contributed by atoms with Gasteiger partial charge in [0, 0.05) is 11.3 Å². The van der Waals surface area contributed by atoms with Crippen LogP contribution in [0.3, 0.4) is 0 Å². The predicted octanol–water partition coefficient (Wildman–Crippen LogP) is 5.42. The van der Waals surface area contributed by atoms with Gasteiger partial charge in [0.05, 0.1) is 25.7 Å².